The van der Waals surface area contributed by atoms with E-state index in [0.29, 0.717) is 17.1 Å². The average Bonchev–Trinajstić information content (AvgIpc) is 2.53. The van der Waals surface area contributed by atoms with Crippen molar-refractivity contribution in [2.24, 2.45) is 0 Å². The van der Waals surface area contributed by atoms with Crippen molar-refractivity contribution in [3.63, 3.8) is 0 Å². The Hall–Kier alpha value is -2.53. The third-order valence-electron chi connectivity index (χ3n) is 3.04. The molecule has 0 aliphatic rings. The molecule has 0 amide bonds. The first kappa shape index (κ1) is 16.8. The quantitative estimate of drug-likeness (QED) is 0.805. The zero-order chi connectivity index (χ0) is 16.8. The number of ether oxygens (including phenoxy) is 2. The summed E-state index contributed by atoms with van der Waals surface area (Å²) in [7, 11) is 1.46. The monoisotopic (exact) mass is 336 g/mol. The van der Waals surface area contributed by atoms with Crippen LogP contribution in [0.4, 0.5) is 4.39 Å². The summed E-state index contributed by atoms with van der Waals surface area (Å²) in [6, 6.07) is 9.32. The first-order valence-corrected chi connectivity index (χ1v) is 7.04. The number of benzene rings is 2. The fraction of sp³-hybridized carbons (Fsp3) is 0.118. The van der Waals surface area contributed by atoms with Crippen LogP contribution in [0.3, 0.4) is 0 Å². The molecule has 2 rings (SSSR count). The van der Waals surface area contributed by atoms with Crippen molar-refractivity contribution >= 4 is 23.6 Å². The van der Waals surface area contributed by atoms with Crippen molar-refractivity contribution in [1.82, 2.24) is 0 Å². The molecule has 0 heterocycles. The van der Waals surface area contributed by atoms with Gasteiger partial charge in [-0.15, -0.1) is 0 Å². The molecule has 0 aliphatic carbocycles. The number of methoxy groups -OCH3 is 1. The Morgan fingerprint density at radius 2 is 2.09 bits per heavy atom. The summed E-state index contributed by atoms with van der Waals surface area (Å²) in [6.07, 6.45) is 2.46. The summed E-state index contributed by atoms with van der Waals surface area (Å²) in [6.45, 7) is -0.0494. The van der Waals surface area contributed by atoms with E-state index in [9.17, 15) is 9.18 Å². The van der Waals surface area contributed by atoms with E-state index >= 15 is 0 Å². The van der Waals surface area contributed by atoms with E-state index in [-0.39, 0.29) is 17.2 Å². The van der Waals surface area contributed by atoms with Crippen LogP contribution in [0.5, 0.6) is 11.5 Å². The molecule has 0 aliphatic heterocycles. The lowest BCUT2D eigenvalue weighted by Gasteiger charge is -2.12. The lowest BCUT2D eigenvalue weighted by Crippen LogP contribution is -2.01. The fourth-order valence-electron chi connectivity index (χ4n) is 1.89. The molecule has 1 N–H and O–H groups in total. The number of aliphatic carboxylic acids is 1. The van der Waals surface area contributed by atoms with Gasteiger partial charge in [-0.05, 0) is 35.9 Å². The van der Waals surface area contributed by atoms with E-state index in [1.54, 1.807) is 24.3 Å². The second-order valence-corrected chi connectivity index (χ2v) is 4.98. The van der Waals surface area contributed by atoms with Gasteiger partial charge in [0.1, 0.15) is 12.4 Å². The van der Waals surface area contributed by atoms with Crippen LogP contribution < -0.4 is 9.47 Å². The molecule has 23 heavy (non-hydrogen) atoms. The zero-order valence-electron chi connectivity index (χ0n) is 12.3. The Kier molecular flexibility index (Phi) is 5.60. The van der Waals surface area contributed by atoms with E-state index in [0.717, 1.165) is 6.08 Å². The molecule has 0 aromatic heterocycles. The van der Waals surface area contributed by atoms with Crippen molar-refractivity contribution in [1.29, 1.82) is 0 Å². The van der Waals surface area contributed by atoms with E-state index in [1.165, 1.54) is 25.3 Å². The Morgan fingerprint density at radius 1 is 1.30 bits per heavy atom. The van der Waals surface area contributed by atoms with E-state index < -0.39 is 11.8 Å². The number of hydrogen-bond donors (Lipinski definition) is 1. The molecule has 0 radical (unpaired) electrons. The minimum Gasteiger partial charge on any atom is -0.493 e. The molecule has 0 atom stereocenters. The summed E-state index contributed by atoms with van der Waals surface area (Å²) in [4.78, 5) is 10.5. The number of rotatable bonds is 6. The molecule has 0 bridgehead atoms. The maximum atomic E-state index is 13.7. The highest BCUT2D eigenvalue weighted by Gasteiger charge is 2.10. The average molecular weight is 337 g/mol. The van der Waals surface area contributed by atoms with E-state index in [4.69, 9.17) is 26.2 Å². The SMILES string of the molecule is COc1cc(C=CC(=O)O)ccc1OCc1c(F)cccc1Cl. The number of carboxylic acids is 1. The Morgan fingerprint density at radius 3 is 2.74 bits per heavy atom. The van der Waals surface area contributed by atoms with E-state index in [1.807, 2.05) is 0 Å². The standard InChI is InChI=1S/C17H14ClFO4/c1-22-16-9-11(6-8-17(20)21)5-7-15(16)23-10-12-13(18)3-2-4-14(12)19/h2-9H,10H2,1H3,(H,20,21). The highest BCUT2D eigenvalue weighted by Crippen LogP contribution is 2.30. The second kappa shape index (κ2) is 7.65. The maximum absolute atomic E-state index is 13.7. The molecule has 6 heteroatoms. The van der Waals surface area contributed by atoms with Gasteiger partial charge in [0, 0.05) is 11.6 Å². The summed E-state index contributed by atoms with van der Waals surface area (Å²) in [5.41, 5.74) is 0.895. The van der Waals surface area contributed by atoms with Gasteiger partial charge in [-0.25, -0.2) is 9.18 Å². The number of carboxylic acid groups (broad SMARTS) is 1. The Bertz CT molecular complexity index is 723. The van der Waals surface area contributed by atoms with Gasteiger partial charge < -0.3 is 14.6 Å². The highest BCUT2D eigenvalue weighted by molar-refractivity contribution is 6.31. The van der Waals surface area contributed by atoms with Crippen LogP contribution in [0.2, 0.25) is 5.02 Å². The minimum atomic E-state index is -1.04. The largest absolute Gasteiger partial charge is 0.493 e. The van der Waals surface area contributed by atoms with Crippen molar-refractivity contribution in [3.05, 3.63) is 64.4 Å². The lowest BCUT2D eigenvalue weighted by atomic mass is 10.2. The normalized spacial score (nSPS) is 10.7. The van der Waals surface area contributed by atoms with Crippen LogP contribution in [-0.2, 0) is 11.4 Å². The van der Waals surface area contributed by atoms with Crippen LogP contribution in [0.25, 0.3) is 6.08 Å². The number of halogens is 2. The molecule has 0 unspecified atom stereocenters. The van der Waals surface area contributed by atoms with Crippen LogP contribution in [0, 0.1) is 5.82 Å². The van der Waals surface area contributed by atoms with Gasteiger partial charge in [0.05, 0.1) is 12.1 Å². The predicted molar refractivity (Wildman–Crippen MR) is 85.4 cm³/mol. The topological polar surface area (TPSA) is 55.8 Å². The van der Waals surface area contributed by atoms with Gasteiger partial charge in [-0.1, -0.05) is 23.7 Å². The van der Waals surface area contributed by atoms with Crippen LogP contribution in [0.15, 0.2) is 42.5 Å². The van der Waals surface area contributed by atoms with Crippen LogP contribution in [0.1, 0.15) is 11.1 Å². The van der Waals surface area contributed by atoms with Crippen LogP contribution >= 0.6 is 11.6 Å². The molecule has 0 saturated carbocycles. The van der Waals surface area contributed by atoms with Crippen molar-refractivity contribution in [2.75, 3.05) is 7.11 Å². The van der Waals surface area contributed by atoms with Gasteiger partial charge in [-0.2, -0.15) is 0 Å². The van der Waals surface area contributed by atoms with Gasteiger partial charge >= 0.3 is 5.97 Å². The van der Waals surface area contributed by atoms with Gasteiger partial charge in [0.2, 0.25) is 0 Å². The van der Waals surface area contributed by atoms with Crippen molar-refractivity contribution < 1.29 is 23.8 Å². The molecular formula is C17H14ClFO4. The summed E-state index contributed by atoms with van der Waals surface area (Å²) in [5, 5.41) is 8.91. The van der Waals surface area contributed by atoms with Gasteiger partial charge in [0.25, 0.3) is 0 Å². The lowest BCUT2D eigenvalue weighted by molar-refractivity contribution is -0.131. The van der Waals surface area contributed by atoms with Crippen molar-refractivity contribution in [2.45, 2.75) is 6.61 Å². The third-order valence-corrected chi connectivity index (χ3v) is 3.39. The van der Waals surface area contributed by atoms with Gasteiger partial charge in [-0.3, -0.25) is 0 Å². The fourth-order valence-corrected chi connectivity index (χ4v) is 2.11. The molecule has 2 aromatic rings. The summed E-state index contributed by atoms with van der Waals surface area (Å²) < 4.78 is 24.5. The molecular weight excluding hydrogens is 323 g/mol. The first-order chi connectivity index (χ1) is 11.0. The molecule has 0 fully saturated rings. The molecule has 0 saturated heterocycles. The second-order valence-electron chi connectivity index (χ2n) is 4.57. The zero-order valence-corrected chi connectivity index (χ0v) is 13.0. The number of carbonyl (C=O) groups is 1. The Labute approximate surface area is 137 Å². The van der Waals surface area contributed by atoms with Crippen molar-refractivity contribution in [3.8, 4) is 11.5 Å². The minimum absolute atomic E-state index is 0.0494. The van der Waals surface area contributed by atoms with E-state index in [2.05, 4.69) is 0 Å². The smallest absolute Gasteiger partial charge is 0.328 e. The third kappa shape index (κ3) is 4.47. The molecule has 2 aromatic carbocycles. The maximum Gasteiger partial charge on any atom is 0.328 e. The summed E-state index contributed by atoms with van der Waals surface area (Å²) >= 11 is 5.95. The van der Waals surface area contributed by atoms with Crippen LogP contribution in [-0.4, -0.2) is 18.2 Å². The predicted octanol–water partition coefficient (Wildman–Crippen LogP) is 4.16. The molecule has 0 spiro atoms. The highest BCUT2D eigenvalue weighted by atomic mass is 35.5. The number of hydrogen-bond acceptors (Lipinski definition) is 3. The first-order valence-electron chi connectivity index (χ1n) is 6.66. The Balaban J connectivity index is 2.18. The molecule has 120 valence electrons. The summed E-state index contributed by atoms with van der Waals surface area (Å²) in [5.74, 6) is -0.680. The van der Waals surface area contributed by atoms with Gasteiger partial charge in [0.15, 0.2) is 11.5 Å². The molecule has 4 nitrogen and oxygen atoms in total.